The maximum Gasteiger partial charge on any atom is 0.251 e. The van der Waals surface area contributed by atoms with Crippen molar-refractivity contribution in [1.82, 2.24) is 10.3 Å². The van der Waals surface area contributed by atoms with E-state index in [9.17, 15) is 4.79 Å². The predicted molar refractivity (Wildman–Crippen MR) is 79.4 cm³/mol. The first kappa shape index (κ1) is 14.0. The van der Waals surface area contributed by atoms with Gasteiger partial charge in [0.05, 0.1) is 0 Å². The Morgan fingerprint density at radius 2 is 2.00 bits per heavy atom. The second-order valence-electron chi connectivity index (χ2n) is 4.02. The fraction of sp³-hybridized carbons (Fsp3) is 0.143. The first-order valence-corrected chi connectivity index (χ1v) is 6.95. The maximum absolute atomic E-state index is 11.9. The largest absolute Gasteiger partial charge is 0.352 e. The lowest BCUT2D eigenvalue weighted by molar-refractivity contribution is 0.0954. The second kappa shape index (κ2) is 6.68. The third kappa shape index (κ3) is 4.33. The first-order chi connectivity index (χ1) is 9.15. The molecule has 0 bridgehead atoms. The number of carbonyl (C=O) groups excluding carboxylic acids is 1. The van der Waals surface area contributed by atoms with Crippen LogP contribution in [0.4, 0.5) is 0 Å². The highest BCUT2D eigenvalue weighted by atomic mass is 79.9. The number of hydrogen-bond donors (Lipinski definition) is 1. The summed E-state index contributed by atoms with van der Waals surface area (Å²) in [7, 11) is 0. The average molecular weight is 340 g/mol. The summed E-state index contributed by atoms with van der Waals surface area (Å²) in [5.74, 6) is -0.128. The third-order valence-corrected chi connectivity index (χ3v) is 3.25. The van der Waals surface area contributed by atoms with Gasteiger partial charge in [-0.15, -0.1) is 0 Å². The normalized spacial score (nSPS) is 10.2. The Hall–Kier alpha value is -1.39. The lowest BCUT2D eigenvalue weighted by atomic mass is 10.2. The van der Waals surface area contributed by atoms with Crippen LogP contribution in [0.3, 0.4) is 0 Å². The Morgan fingerprint density at radius 3 is 2.68 bits per heavy atom. The van der Waals surface area contributed by atoms with Crippen LogP contribution in [0.15, 0.2) is 47.2 Å². The van der Waals surface area contributed by atoms with Gasteiger partial charge in [-0.2, -0.15) is 0 Å². The highest BCUT2D eigenvalue weighted by Crippen LogP contribution is 2.19. The van der Waals surface area contributed by atoms with Crippen LogP contribution in [0.2, 0.25) is 5.02 Å². The number of hydrogen-bond acceptors (Lipinski definition) is 2. The summed E-state index contributed by atoms with van der Waals surface area (Å²) in [5, 5.41) is 3.40. The molecule has 2 rings (SSSR count). The number of halogens is 2. The van der Waals surface area contributed by atoms with Crippen LogP contribution in [0.25, 0.3) is 0 Å². The van der Waals surface area contributed by atoms with Crippen LogP contribution in [0.1, 0.15) is 15.9 Å². The van der Waals surface area contributed by atoms with Gasteiger partial charge in [-0.25, -0.2) is 0 Å². The summed E-state index contributed by atoms with van der Waals surface area (Å²) in [4.78, 5) is 15.9. The van der Waals surface area contributed by atoms with E-state index in [0.29, 0.717) is 17.1 Å². The summed E-state index contributed by atoms with van der Waals surface area (Å²) < 4.78 is 0.791. The van der Waals surface area contributed by atoms with Crippen LogP contribution in [0, 0.1) is 0 Å². The van der Waals surface area contributed by atoms with Gasteiger partial charge in [-0.05, 0) is 42.3 Å². The fourth-order valence-corrected chi connectivity index (χ4v) is 2.52. The van der Waals surface area contributed by atoms with Crippen LogP contribution >= 0.6 is 27.5 Å². The highest BCUT2D eigenvalue weighted by molar-refractivity contribution is 9.10. The molecule has 0 unspecified atom stereocenters. The number of benzene rings is 1. The molecule has 0 aliphatic heterocycles. The van der Waals surface area contributed by atoms with Gasteiger partial charge in [0.2, 0.25) is 0 Å². The number of pyridine rings is 1. The minimum absolute atomic E-state index is 0.128. The molecule has 2 aromatic rings. The molecule has 1 amide bonds. The van der Waals surface area contributed by atoms with Crippen LogP contribution in [-0.2, 0) is 6.42 Å². The molecule has 0 aliphatic rings. The quantitative estimate of drug-likeness (QED) is 0.927. The van der Waals surface area contributed by atoms with Crippen LogP contribution in [0.5, 0.6) is 0 Å². The molecule has 0 spiro atoms. The van der Waals surface area contributed by atoms with Gasteiger partial charge in [0.25, 0.3) is 5.91 Å². The van der Waals surface area contributed by atoms with Crippen molar-refractivity contribution in [3.63, 3.8) is 0 Å². The molecule has 0 fully saturated rings. The predicted octanol–water partition coefficient (Wildman–Crippen LogP) is 3.47. The van der Waals surface area contributed by atoms with Crippen molar-refractivity contribution in [2.75, 3.05) is 6.54 Å². The van der Waals surface area contributed by atoms with Crippen LogP contribution in [-0.4, -0.2) is 17.4 Å². The van der Waals surface area contributed by atoms with E-state index in [1.54, 1.807) is 30.6 Å². The van der Waals surface area contributed by atoms with Gasteiger partial charge in [0.15, 0.2) is 0 Å². The molecule has 0 atom stereocenters. The van der Waals surface area contributed by atoms with Gasteiger partial charge in [-0.3, -0.25) is 9.78 Å². The van der Waals surface area contributed by atoms with E-state index in [0.717, 1.165) is 16.5 Å². The molecule has 0 saturated heterocycles. The van der Waals surface area contributed by atoms with Gasteiger partial charge < -0.3 is 5.32 Å². The van der Waals surface area contributed by atoms with Gasteiger partial charge in [0.1, 0.15) is 0 Å². The molecule has 1 heterocycles. The zero-order valence-electron chi connectivity index (χ0n) is 10.1. The lowest BCUT2D eigenvalue weighted by Crippen LogP contribution is -2.25. The monoisotopic (exact) mass is 338 g/mol. The lowest BCUT2D eigenvalue weighted by Gasteiger charge is -2.06. The van der Waals surface area contributed by atoms with E-state index in [1.165, 1.54) is 0 Å². The van der Waals surface area contributed by atoms with Gasteiger partial charge >= 0.3 is 0 Å². The minimum atomic E-state index is -0.128. The summed E-state index contributed by atoms with van der Waals surface area (Å²) in [5.41, 5.74) is 1.69. The highest BCUT2D eigenvalue weighted by Gasteiger charge is 2.07. The number of amides is 1. The Morgan fingerprint density at radius 1 is 1.26 bits per heavy atom. The molecule has 0 radical (unpaired) electrons. The third-order valence-electron chi connectivity index (χ3n) is 2.57. The molecule has 98 valence electrons. The molecule has 19 heavy (non-hydrogen) atoms. The number of nitrogens with zero attached hydrogens (tertiary/aromatic N) is 1. The topological polar surface area (TPSA) is 42.0 Å². The van der Waals surface area contributed by atoms with E-state index < -0.39 is 0 Å². The van der Waals surface area contributed by atoms with Gasteiger partial charge in [0, 0.05) is 34.0 Å². The molecule has 5 heteroatoms. The number of aromatic nitrogens is 1. The fourth-order valence-electron chi connectivity index (χ4n) is 1.66. The molecule has 1 N–H and O–H groups in total. The Balaban J connectivity index is 1.91. The SMILES string of the molecule is O=C(NCCc1ccncc1)c1cc(Cl)cc(Br)c1. The zero-order chi connectivity index (χ0) is 13.7. The summed E-state index contributed by atoms with van der Waals surface area (Å²) >= 11 is 9.22. The summed E-state index contributed by atoms with van der Waals surface area (Å²) in [6.45, 7) is 0.576. The standard InChI is InChI=1S/C14H12BrClN2O/c15-12-7-11(8-13(16)9-12)14(19)18-6-3-10-1-4-17-5-2-10/h1-2,4-5,7-9H,3,6H2,(H,18,19). The van der Waals surface area contributed by atoms with E-state index in [2.05, 4.69) is 26.2 Å². The molecule has 1 aromatic carbocycles. The molecule has 0 saturated carbocycles. The Bertz CT molecular complexity index is 555. The molecule has 3 nitrogen and oxygen atoms in total. The molecule has 1 aromatic heterocycles. The Kier molecular flexibility index (Phi) is 4.93. The summed E-state index contributed by atoms with van der Waals surface area (Å²) in [6, 6.07) is 9.00. The number of carbonyl (C=O) groups is 1. The maximum atomic E-state index is 11.9. The van der Waals surface area contributed by atoms with E-state index >= 15 is 0 Å². The van der Waals surface area contributed by atoms with Crippen molar-refractivity contribution in [3.05, 3.63) is 63.3 Å². The van der Waals surface area contributed by atoms with E-state index in [1.807, 2.05) is 12.1 Å². The first-order valence-electron chi connectivity index (χ1n) is 5.78. The van der Waals surface area contributed by atoms with Crippen LogP contribution < -0.4 is 5.32 Å². The van der Waals surface area contributed by atoms with Crippen molar-refractivity contribution in [2.24, 2.45) is 0 Å². The minimum Gasteiger partial charge on any atom is -0.352 e. The van der Waals surface area contributed by atoms with E-state index in [-0.39, 0.29) is 5.91 Å². The molecule has 0 aliphatic carbocycles. The number of rotatable bonds is 4. The van der Waals surface area contributed by atoms with Crippen molar-refractivity contribution in [1.29, 1.82) is 0 Å². The summed E-state index contributed by atoms with van der Waals surface area (Å²) in [6.07, 6.45) is 4.26. The molecular formula is C14H12BrClN2O. The zero-order valence-corrected chi connectivity index (χ0v) is 12.4. The van der Waals surface area contributed by atoms with Crippen molar-refractivity contribution in [3.8, 4) is 0 Å². The van der Waals surface area contributed by atoms with E-state index in [4.69, 9.17) is 11.6 Å². The second-order valence-corrected chi connectivity index (χ2v) is 5.37. The number of nitrogens with one attached hydrogen (secondary N) is 1. The van der Waals surface area contributed by atoms with Gasteiger partial charge in [-0.1, -0.05) is 27.5 Å². The average Bonchev–Trinajstić information content (AvgIpc) is 2.38. The smallest absolute Gasteiger partial charge is 0.251 e. The van der Waals surface area contributed by atoms with Crippen molar-refractivity contribution >= 4 is 33.4 Å². The Labute approximate surface area is 125 Å². The molecular weight excluding hydrogens is 328 g/mol. The van der Waals surface area contributed by atoms with Crippen molar-refractivity contribution < 1.29 is 4.79 Å². The van der Waals surface area contributed by atoms with Crippen molar-refractivity contribution in [2.45, 2.75) is 6.42 Å².